The second kappa shape index (κ2) is 5.22. The van der Waals surface area contributed by atoms with Crippen molar-refractivity contribution in [3.63, 3.8) is 0 Å². The van der Waals surface area contributed by atoms with Crippen LogP contribution in [0.5, 0.6) is 0 Å². The first kappa shape index (κ1) is 15.0. The number of rotatable bonds is 2. The van der Waals surface area contributed by atoms with Crippen LogP contribution in [-0.2, 0) is 11.2 Å². The van der Waals surface area contributed by atoms with Crippen LogP contribution in [0.1, 0.15) is 61.6 Å². The van der Waals surface area contributed by atoms with Gasteiger partial charge in [-0.1, -0.05) is 25.1 Å². The lowest BCUT2D eigenvalue weighted by atomic mass is 9.55. The maximum Gasteiger partial charge on any atom is 0.211 e. The highest BCUT2D eigenvalue weighted by Crippen LogP contribution is 2.62. The number of anilines is 1. The molecule has 0 saturated heterocycles. The molecule has 3 aliphatic rings. The molecule has 0 aromatic heterocycles. The number of allylic oxidation sites excluding steroid dienone is 1. The molecule has 2 heteroatoms. The monoisotopic (exact) mass is 309 g/mol. The molecule has 0 aliphatic heterocycles. The van der Waals surface area contributed by atoms with Gasteiger partial charge in [0.25, 0.3) is 0 Å². The smallest absolute Gasteiger partial charge is 0.211 e. The van der Waals surface area contributed by atoms with E-state index >= 15 is 0 Å². The van der Waals surface area contributed by atoms with Gasteiger partial charge in [-0.2, -0.15) is 0 Å². The number of hydrogen-bond donors (Lipinski definition) is 1. The highest BCUT2D eigenvalue weighted by Gasteiger charge is 2.51. The summed E-state index contributed by atoms with van der Waals surface area (Å²) in [4.78, 5) is 10.8. The number of carbonyl (C=O) groups excluding carboxylic acids is 1. The van der Waals surface area contributed by atoms with Gasteiger partial charge < -0.3 is 5.32 Å². The lowest BCUT2D eigenvalue weighted by molar-refractivity contribution is -0.105. The Morgan fingerprint density at radius 1 is 1.26 bits per heavy atom. The third-order valence-corrected chi connectivity index (χ3v) is 7.24. The molecule has 0 bridgehead atoms. The molecule has 4 atom stereocenters. The first-order valence-corrected chi connectivity index (χ1v) is 9.06. The fourth-order valence-corrected chi connectivity index (χ4v) is 5.86. The Hall–Kier alpha value is -1.57. The molecular formula is C21H27NO. The summed E-state index contributed by atoms with van der Waals surface area (Å²) in [6.07, 6.45) is 8.41. The van der Waals surface area contributed by atoms with E-state index in [1.165, 1.54) is 48.8 Å². The Morgan fingerprint density at radius 3 is 2.87 bits per heavy atom. The Balaban J connectivity index is 1.71. The predicted octanol–water partition coefficient (Wildman–Crippen LogP) is 4.98. The summed E-state index contributed by atoms with van der Waals surface area (Å²) in [5.74, 6) is 2.37. The molecule has 2 saturated carbocycles. The molecule has 0 spiro atoms. The first-order chi connectivity index (χ1) is 11.0. The van der Waals surface area contributed by atoms with Crippen LogP contribution in [0.15, 0.2) is 24.3 Å². The minimum Gasteiger partial charge on any atom is -0.328 e. The fourth-order valence-electron chi connectivity index (χ4n) is 5.86. The zero-order valence-corrected chi connectivity index (χ0v) is 14.3. The number of amides is 1. The van der Waals surface area contributed by atoms with Gasteiger partial charge in [0.2, 0.25) is 6.41 Å². The van der Waals surface area contributed by atoms with Crippen LogP contribution < -0.4 is 5.32 Å². The Kier molecular flexibility index (Phi) is 3.40. The molecule has 122 valence electrons. The van der Waals surface area contributed by atoms with Crippen molar-refractivity contribution >= 4 is 12.1 Å². The molecule has 3 unspecified atom stereocenters. The summed E-state index contributed by atoms with van der Waals surface area (Å²) in [5.41, 5.74) is 7.10. The van der Waals surface area contributed by atoms with Crippen LogP contribution in [0.4, 0.5) is 5.69 Å². The van der Waals surface area contributed by atoms with Gasteiger partial charge in [0.15, 0.2) is 0 Å². The molecule has 1 aromatic rings. The predicted molar refractivity (Wildman–Crippen MR) is 94.6 cm³/mol. The number of nitrogens with one attached hydrogen (secondary N) is 1. The zero-order chi connectivity index (χ0) is 16.2. The highest BCUT2D eigenvalue weighted by molar-refractivity contribution is 5.74. The van der Waals surface area contributed by atoms with Crippen molar-refractivity contribution in [1.29, 1.82) is 0 Å². The van der Waals surface area contributed by atoms with E-state index in [1.807, 2.05) is 0 Å². The van der Waals surface area contributed by atoms with Crippen molar-refractivity contribution in [2.24, 2.45) is 17.3 Å². The van der Waals surface area contributed by atoms with Crippen molar-refractivity contribution in [3.05, 3.63) is 41.0 Å². The summed E-state index contributed by atoms with van der Waals surface area (Å²) in [7, 11) is 0. The minimum absolute atomic E-state index is 0.396. The highest BCUT2D eigenvalue weighted by atomic mass is 16.1. The number of hydrogen-bond acceptors (Lipinski definition) is 1. The molecule has 4 rings (SSSR count). The average molecular weight is 309 g/mol. The van der Waals surface area contributed by atoms with E-state index in [-0.39, 0.29) is 0 Å². The first-order valence-electron chi connectivity index (χ1n) is 9.06. The van der Waals surface area contributed by atoms with E-state index in [0.29, 0.717) is 11.3 Å². The minimum atomic E-state index is 0.396. The van der Waals surface area contributed by atoms with Crippen LogP contribution in [0.25, 0.3) is 0 Å². The molecule has 0 heterocycles. The van der Waals surface area contributed by atoms with Crippen LogP contribution in [-0.4, -0.2) is 6.41 Å². The summed E-state index contributed by atoms with van der Waals surface area (Å²) in [6.45, 7) is 8.98. The van der Waals surface area contributed by atoms with E-state index in [0.717, 1.165) is 30.4 Å². The van der Waals surface area contributed by atoms with Gasteiger partial charge in [-0.05, 0) is 91.4 Å². The fraction of sp³-hybridized carbons (Fsp3) is 0.571. The Labute approximate surface area is 139 Å². The number of fused-ring (bicyclic) bond motifs is 5. The molecule has 3 aliphatic carbocycles. The van der Waals surface area contributed by atoms with Crippen molar-refractivity contribution in [3.8, 4) is 0 Å². The van der Waals surface area contributed by atoms with Crippen LogP contribution >= 0.6 is 0 Å². The van der Waals surface area contributed by atoms with Crippen molar-refractivity contribution in [1.82, 2.24) is 0 Å². The average Bonchev–Trinajstić information content (AvgIpc) is 2.84. The second-order valence-corrected chi connectivity index (χ2v) is 8.14. The van der Waals surface area contributed by atoms with Gasteiger partial charge >= 0.3 is 0 Å². The van der Waals surface area contributed by atoms with Crippen molar-refractivity contribution < 1.29 is 4.79 Å². The Morgan fingerprint density at radius 2 is 2.09 bits per heavy atom. The number of carbonyl (C=O) groups is 1. The van der Waals surface area contributed by atoms with Gasteiger partial charge in [-0.25, -0.2) is 0 Å². The largest absolute Gasteiger partial charge is 0.328 e. The van der Waals surface area contributed by atoms with E-state index in [9.17, 15) is 4.79 Å². The van der Waals surface area contributed by atoms with Gasteiger partial charge in [-0.15, -0.1) is 0 Å². The van der Waals surface area contributed by atoms with Crippen molar-refractivity contribution in [2.75, 3.05) is 5.32 Å². The summed E-state index contributed by atoms with van der Waals surface area (Å²) in [5, 5.41) is 2.85. The van der Waals surface area contributed by atoms with Crippen LogP contribution in [0, 0.1) is 24.2 Å². The summed E-state index contributed by atoms with van der Waals surface area (Å²) >= 11 is 0. The molecule has 2 fully saturated rings. The van der Waals surface area contributed by atoms with Crippen LogP contribution in [0.3, 0.4) is 0 Å². The molecule has 1 aromatic carbocycles. The van der Waals surface area contributed by atoms with Crippen LogP contribution in [0.2, 0.25) is 0 Å². The van der Waals surface area contributed by atoms with E-state index < -0.39 is 0 Å². The van der Waals surface area contributed by atoms with E-state index in [4.69, 9.17) is 0 Å². The SMILES string of the molecule is C=C1CCC2C3CCc4cc(NC=O)c(C)cc4C3CC[C@]12C. The third kappa shape index (κ3) is 2.10. The summed E-state index contributed by atoms with van der Waals surface area (Å²) in [6, 6.07) is 4.57. The molecule has 23 heavy (non-hydrogen) atoms. The van der Waals surface area contributed by atoms with Gasteiger partial charge in [0.1, 0.15) is 0 Å². The van der Waals surface area contributed by atoms with Gasteiger partial charge in [0.05, 0.1) is 0 Å². The maximum absolute atomic E-state index is 10.8. The summed E-state index contributed by atoms with van der Waals surface area (Å²) < 4.78 is 0. The molecule has 1 amide bonds. The van der Waals surface area contributed by atoms with E-state index in [1.54, 1.807) is 5.56 Å². The normalized spacial score (nSPS) is 35.2. The second-order valence-electron chi connectivity index (χ2n) is 8.14. The third-order valence-electron chi connectivity index (χ3n) is 7.24. The number of benzene rings is 1. The molecule has 1 N–H and O–H groups in total. The molecular weight excluding hydrogens is 282 g/mol. The quantitative estimate of drug-likeness (QED) is 0.606. The Bertz CT molecular complexity index is 677. The van der Waals surface area contributed by atoms with Gasteiger partial charge in [-0.3, -0.25) is 4.79 Å². The van der Waals surface area contributed by atoms with Gasteiger partial charge in [0, 0.05) is 5.69 Å². The standard InChI is InChI=1S/C21H27NO/c1-13-10-18-15(11-20(13)22-12-23)5-6-17-16(18)8-9-21(3)14(2)4-7-19(17)21/h10-12,16-17,19H,2,4-9H2,1,3H3,(H,22,23)/t16?,17?,19?,21-/m1/s1. The molecule has 0 radical (unpaired) electrons. The van der Waals surface area contributed by atoms with E-state index in [2.05, 4.69) is 37.9 Å². The zero-order valence-electron chi connectivity index (χ0n) is 14.3. The maximum atomic E-state index is 10.8. The lowest BCUT2D eigenvalue weighted by Gasteiger charge is -2.49. The lowest BCUT2D eigenvalue weighted by Crippen LogP contribution is -2.40. The molecule has 2 nitrogen and oxygen atoms in total. The number of aryl methyl sites for hydroxylation is 2. The van der Waals surface area contributed by atoms with Crippen molar-refractivity contribution in [2.45, 2.75) is 58.3 Å². The topological polar surface area (TPSA) is 29.1 Å².